The number of nitrogens with two attached hydrogens (primary N) is 2. The van der Waals surface area contributed by atoms with Crippen molar-refractivity contribution in [2.24, 2.45) is 11.8 Å². The van der Waals surface area contributed by atoms with Gasteiger partial charge in [-0.3, -0.25) is 19.3 Å². The molecule has 12 rings (SSSR count). The molecule has 370 valence electrons. The van der Waals surface area contributed by atoms with Gasteiger partial charge in [0.1, 0.15) is 11.4 Å². The highest BCUT2D eigenvalue weighted by atomic mass is 16.2. The van der Waals surface area contributed by atoms with Crippen LogP contribution in [0.4, 0.5) is 11.9 Å². The average Bonchev–Trinajstić information content (AvgIpc) is 4.22. The van der Waals surface area contributed by atoms with E-state index in [1.807, 2.05) is 77.7 Å². The number of amides is 2. The first-order valence-electron chi connectivity index (χ1n) is 25.7. The number of aromatic nitrogens is 4. The maximum absolute atomic E-state index is 13.7. The summed E-state index contributed by atoms with van der Waals surface area (Å²) in [6.45, 7) is 12.5. The van der Waals surface area contributed by atoms with E-state index in [1.165, 1.54) is 54.4 Å². The molecular formula is C61H63N9O3. The summed E-state index contributed by atoms with van der Waals surface area (Å²) in [4.78, 5) is 62.1. The lowest BCUT2D eigenvalue weighted by molar-refractivity contribution is 0.0741. The van der Waals surface area contributed by atoms with Crippen LogP contribution in [0.2, 0.25) is 0 Å². The smallest absolute Gasteiger partial charge is 0.273 e. The number of fused-ring (bicyclic) bond motifs is 4. The van der Waals surface area contributed by atoms with Gasteiger partial charge in [0.15, 0.2) is 6.29 Å². The molecule has 73 heavy (non-hydrogen) atoms. The number of nitrogens with zero attached hydrogens (tertiary/aromatic N) is 7. The molecule has 0 spiro atoms. The van der Waals surface area contributed by atoms with Crippen molar-refractivity contribution in [2.75, 3.05) is 11.5 Å². The van der Waals surface area contributed by atoms with Gasteiger partial charge in [-0.25, -0.2) is 19.9 Å². The number of hydrogen-bond donors (Lipinski definition) is 2. The topological polar surface area (TPSA) is 165 Å². The zero-order chi connectivity index (χ0) is 50.8. The number of rotatable bonds is 7. The number of benzene rings is 6. The summed E-state index contributed by atoms with van der Waals surface area (Å²) in [5.41, 5.74) is 24.2. The van der Waals surface area contributed by atoms with Crippen molar-refractivity contribution in [3.63, 3.8) is 0 Å². The molecule has 2 fully saturated rings. The molecule has 12 nitrogen and oxygen atoms in total. The molecule has 4 unspecified atom stereocenters. The van der Waals surface area contributed by atoms with Gasteiger partial charge in [0.05, 0.1) is 11.0 Å². The molecule has 2 aromatic heterocycles. The molecule has 2 amide bonds. The Kier molecular flexibility index (Phi) is 14.1. The normalized spacial score (nSPS) is 19.0. The Balaban J connectivity index is 0.000000149. The monoisotopic (exact) mass is 970 g/mol. The van der Waals surface area contributed by atoms with Crippen LogP contribution < -0.4 is 11.5 Å². The quantitative estimate of drug-likeness (QED) is 0.147. The molecular weight excluding hydrogens is 907 g/mol. The van der Waals surface area contributed by atoms with E-state index in [9.17, 15) is 14.4 Å². The molecule has 1 saturated carbocycles. The fourth-order valence-electron chi connectivity index (χ4n) is 11.3. The summed E-state index contributed by atoms with van der Waals surface area (Å²) in [6.07, 6.45) is 7.72. The van der Waals surface area contributed by atoms with E-state index in [4.69, 9.17) is 11.5 Å². The number of aldehydes is 1. The third kappa shape index (κ3) is 10.4. The lowest BCUT2D eigenvalue weighted by atomic mass is 9.97. The SMILES string of the molecule is CC1CCC(C)C1.CC1CCC(C)N1Cc1ccccc1-c1ccc2nc(N)nc(C(=O)N3Cc4ccccc4C3)c2c1.Nc1nc(C(=O)N2Cc3ccccc3C2)c2cc(-c3ccccc3C=O)ccc2n1. The highest BCUT2D eigenvalue weighted by molar-refractivity contribution is 6.07. The maximum atomic E-state index is 13.7. The van der Waals surface area contributed by atoms with E-state index in [2.05, 4.69) is 101 Å². The van der Waals surface area contributed by atoms with Gasteiger partial charge in [0, 0.05) is 61.1 Å². The Bertz CT molecular complexity index is 3310. The van der Waals surface area contributed by atoms with Gasteiger partial charge in [-0.05, 0) is 119 Å². The molecule has 0 bridgehead atoms. The molecule has 4 atom stereocenters. The van der Waals surface area contributed by atoms with Crippen molar-refractivity contribution in [3.8, 4) is 22.3 Å². The summed E-state index contributed by atoms with van der Waals surface area (Å²) < 4.78 is 0. The van der Waals surface area contributed by atoms with E-state index in [1.54, 1.807) is 17.0 Å². The van der Waals surface area contributed by atoms with Gasteiger partial charge in [-0.2, -0.15) is 0 Å². The number of anilines is 2. The highest BCUT2D eigenvalue weighted by Crippen LogP contribution is 2.35. The summed E-state index contributed by atoms with van der Waals surface area (Å²) in [7, 11) is 0. The van der Waals surface area contributed by atoms with E-state index in [0.717, 1.165) is 57.9 Å². The number of nitrogen functional groups attached to an aromatic ring is 2. The lowest BCUT2D eigenvalue weighted by Crippen LogP contribution is -2.32. The minimum absolute atomic E-state index is 0.0589. The van der Waals surface area contributed by atoms with Crippen molar-refractivity contribution >= 4 is 51.8 Å². The van der Waals surface area contributed by atoms with Crippen molar-refractivity contribution in [1.29, 1.82) is 0 Å². The summed E-state index contributed by atoms with van der Waals surface area (Å²) in [5.74, 6) is 1.92. The predicted octanol–water partition coefficient (Wildman–Crippen LogP) is 11.7. The molecule has 3 aliphatic heterocycles. The predicted molar refractivity (Wildman–Crippen MR) is 290 cm³/mol. The Morgan fingerprint density at radius 1 is 0.534 bits per heavy atom. The van der Waals surface area contributed by atoms with Crippen LogP contribution in [-0.2, 0) is 32.7 Å². The van der Waals surface area contributed by atoms with E-state index < -0.39 is 0 Å². The molecule has 6 aromatic carbocycles. The van der Waals surface area contributed by atoms with Crippen molar-refractivity contribution in [2.45, 2.75) is 105 Å². The summed E-state index contributed by atoms with van der Waals surface area (Å²) in [6, 6.07) is 44.9. The Labute approximate surface area is 427 Å². The van der Waals surface area contributed by atoms with Crippen LogP contribution in [-0.4, -0.2) is 64.8 Å². The van der Waals surface area contributed by atoms with Crippen LogP contribution >= 0.6 is 0 Å². The van der Waals surface area contributed by atoms with Gasteiger partial charge in [0.25, 0.3) is 11.8 Å². The van der Waals surface area contributed by atoms with Crippen LogP contribution in [0.3, 0.4) is 0 Å². The van der Waals surface area contributed by atoms with E-state index in [0.29, 0.717) is 65.9 Å². The Morgan fingerprint density at radius 2 is 0.959 bits per heavy atom. The van der Waals surface area contributed by atoms with Crippen LogP contribution in [0, 0.1) is 11.8 Å². The molecule has 12 heteroatoms. The van der Waals surface area contributed by atoms with E-state index in [-0.39, 0.29) is 29.4 Å². The first-order chi connectivity index (χ1) is 35.4. The van der Waals surface area contributed by atoms with Gasteiger partial charge in [-0.15, -0.1) is 0 Å². The number of likely N-dealkylation sites (tertiary alicyclic amines) is 1. The fraction of sp³-hybridized carbons (Fsp3) is 0.295. The molecule has 5 heterocycles. The van der Waals surface area contributed by atoms with Crippen molar-refractivity contribution in [1.82, 2.24) is 34.6 Å². The van der Waals surface area contributed by atoms with E-state index >= 15 is 0 Å². The average molecular weight is 970 g/mol. The minimum atomic E-state index is -0.189. The fourth-order valence-corrected chi connectivity index (χ4v) is 11.3. The van der Waals surface area contributed by atoms with Gasteiger partial charge in [-0.1, -0.05) is 136 Å². The first kappa shape index (κ1) is 48.8. The zero-order valence-corrected chi connectivity index (χ0v) is 42.2. The highest BCUT2D eigenvalue weighted by Gasteiger charge is 2.30. The minimum Gasteiger partial charge on any atom is -0.368 e. The first-order valence-corrected chi connectivity index (χ1v) is 25.7. The molecule has 8 aromatic rings. The Morgan fingerprint density at radius 3 is 1.41 bits per heavy atom. The molecule has 4 aliphatic rings. The van der Waals surface area contributed by atoms with Crippen LogP contribution in [0.1, 0.15) is 119 Å². The second kappa shape index (κ2) is 21.1. The maximum Gasteiger partial charge on any atom is 0.273 e. The van der Waals surface area contributed by atoms with Gasteiger partial charge in [0.2, 0.25) is 11.9 Å². The number of carbonyl (C=O) groups is 3. The van der Waals surface area contributed by atoms with Crippen LogP contribution in [0.5, 0.6) is 0 Å². The van der Waals surface area contributed by atoms with Crippen LogP contribution in [0.25, 0.3) is 44.1 Å². The third-order valence-electron chi connectivity index (χ3n) is 15.3. The third-order valence-corrected chi connectivity index (χ3v) is 15.3. The van der Waals surface area contributed by atoms with Crippen molar-refractivity contribution in [3.05, 3.63) is 178 Å². The largest absolute Gasteiger partial charge is 0.368 e. The number of hydrogen-bond acceptors (Lipinski definition) is 10. The molecule has 4 N–H and O–H groups in total. The molecule has 1 aliphatic carbocycles. The molecule has 0 radical (unpaired) electrons. The lowest BCUT2D eigenvalue weighted by Gasteiger charge is -2.27. The summed E-state index contributed by atoms with van der Waals surface area (Å²) in [5, 5.41) is 1.35. The second-order valence-electron chi connectivity index (χ2n) is 20.5. The molecule has 1 saturated heterocycles. The Hall–Kier alpha value is -7.83. The summed E-state index contributed by atoms with van der Waals surface area (Å²) >= 11 is 0. The van der Waals surface area contributed by atoms with Gasteiger partial charge >= 0.3 is 0 Å². The van der Waals surface area contributed by atoms with Crippen molar-refractivity contribution < 1.29 is 14.4 Å². The van der Waals surface area contributed by atoms with Gasteiger partial charge < -0.3 is 21.3 Å². The number of carbonyl (C=O) groups excluding carboxylic acids is 3. The second-order valence-corrected chi connectivity index (χ2v) is 20.5. The standard InChI is InChI=1S/C30H31N5O.C24H18N4O2.C7H14/c1-19-11-12-20(2)35(19)18-24-9-5-6-10-25(24)21-13-14-27-26(15-21)28(33-30(31)32-27)29(36)34-16-22-7-3-4-8-23(22)17-34;25-24-26-21-10-9-15(19-8-4-3-7-18(19)14-29)11-20(21)22(27-24)23(30)28-12-16-5-1-2-6-17(16)13-28;1-6-3-4-7(2)5-6/h3-10,13-15,19-20H,11-12,16-18H2,1-2H3,(H2,31,32,33);1-11,14H,12-13H2,(H2,25,26,27);6-7H,3-5H2,1-2H3. The van der Waals surface area contributed by atoms with Crippen LogP contribution in [0.15, 0.2) is 133 Å². The zero-order valence-electron chi connectivity index (χ0n) is 42.2.